The number of nitrogens with one attached hydrogen (secondary N) is 1. The van der Waals surface area contributed by atoms with Crippen LogP contribution in [0.15, 0.2) is 18.5 Å². The Labute approximate surface area is 113 Å². The van der Waals surface area contributed by atoms with Gasteiger partial charge in [-0.2, -0.15) is 5.10 Å². The average Bonchev–Trinajstić information content (AvgIpc) is 2.86. The molecule has 3 heterocycles. The molecular weight excluding hydrogens is 238 g/mol. The van der Waals surface area contributed by atoms with E-state index in [0.717, 1.165) is 29.3 Å². The summed E-state index contributed by atoms with van der Waals surface area (Å²) in [5, 5.41) is 7.13. The highest BCUT2D eigenvalue weighted by atomic mass is 15.1. The SMILES string of the molecule is Cc1cc(-c2cnc(C3CCCN(C)C3)cn2)n[nH]1. The van der Waals surface area contributed by atoms with E-state index in [9.17, 15) is 0 Å². The molecule has 2 aromatic heterocycles. The van der Waals surface area contributed by atoms with Crippen molar-refractivity contribution in [3.8, 4) is 11.4 Å². The van der Waals surface area contributed by atoms with Crippen LogP contribution in [0.2, 0.25) is 0 Å². The lowest BCUT2D eigenvalue weighted by atomic mass is 9.95. The monoisotopic (exact) mass is 257 g/mol. The van der Waals surface area contributed by atoms with Gasteiger partial charge in [0.25, 0.3) is 0 Å². The molecule has 0 spiro atoms. The number of rotatable bonds is 2. The second-order valence-corrected chi connectivity index (χ2v) is 5.36. The van der Waals surface area contributed by atoms with Gasteiger partial charge >= 0.3 is 0 Å². The molecule has 0 radical (unpaired) electrons. The highest BCUT2D eigenvalue weighted by Gasteiger charge is 2.20. The van der Waals surface area contributed by atoms with E-state index in [4.69, 9.17) is 0 Å². The lowest BCUT2D eigenvalue weighted by molar-refractivity contribution is 0.248. The van der Waals surface area contributed by atoms with E-state index < -0.39 is 0 Å². The van der Waals surface area contributed by atoms with Crippen LogP contribution < -0.4 is 0 Å². The van der Waals surface area contributed by atoms with Crippen LogP contribution in [0.5, 0.6) is 0 Å². The van der Waals surface area contributed by atoms with Crippen LogP contribution >= 0.6 is 0 Å². The highest BCUT2D eigenvalue weighted by molar-refractivity contribution is 5.52. The van der Waals surface area contributed by atoms with Gasteiger partial charge in [-0.15, -0.1) is 0 Å². The Morgan fingerprint density at radius 2 is 2.16 bits per heavy atom. The molecule has 1 atom stereocenters. The quantitative estimate of drug-likeness (QED) is 0.893. The Morgan fingerprint density at radius 3 is 2.79 bits per heavy atom. The first-order valence-electron chi connectivity index (χ1n) is 6.75. The van der Waals surface area contributed by atoms with Gasteiger partial charge < -0.3 is 4.90 Å². The minimum absolute atomic E-state index is 0.515. The number of hydrogen-bond donors (Lipinski definition) is 1. The van der Waals surface area contributed by atoms with Crippen LogP contribution in [0.25, 0.3) is 11.4 Å². The van der Waals surface area contributed by atoms with Crippen LogP contribution in [-0.4, -0.2) is 45.2 Å². The standard InChI is InChI=1S/C14H19N5/c1-10-6-12(18-17-10)14-8-15-13(7-16-14)11-4-3-5-19(2)9-11/h6-8,11H,3-5,9H2,1-2H3,(H,17,18). The fourth-order valence-corrected chi connectivity index (χ4v) is 2.64. The predicted octanol–water partition coefficient (Wildman–Crippen LogP) is 1.98. The Morgan fingerprint density at radius 1 is 1.26 bits per heavy atom. The van der Waals surface area contributed by atoms with Crippen molar-refractivity contribution < 1.29 is 0 Å². The normalized spacial score (nSPS) is 20.6. The van der Waals surface area contributed by atoms with E-state index in [1.165, 1.54) is 19.4 Å². The van der Waals surface area contributed by atoms with Crippen LogP contribution in [-0.2, 0) is 0 Å². The number of likely N-dealkylation sites (N-methyl/N-ethyl adjacent to an activating group) is 1. The molecule has 0 bridgehead atoms. The number of likely N-dealkylation sites (tertiary alicyclic amines) is 1. The van der Waals surface area contributed by atoms with Gasteiger partial charge in [-0.3, -0.25) is 15.1 Å². The molecule has 1 unspecified atom stereocenters. The van der Waals surface area contributed by atoms with Gasteiger partial charge in [-0.25, -0.2) is 0 Å². The van der Waals surface area contributed by atoms with E-state index >= 15 is 0 Å². The number of aromatic nitrogens is 4. The molecule has 1 saturated heterocycles. The van der Waals surface area contributed by atoms with Gasteiger partial charge in [-0.05, 0) is 39.4 Å². The lowest BCUT2D eigenvalue weighted by Gasteiger charge is -2.29. The third-order valence-electron chi connectivity index (χ3n) is 3.68. The van der Waals surface area contributed by atoms with Crippen molar-refractivity contribution in [3.63, 3.8) is 0 Å². The van der Waals surface area contributed by atoms with Crippen LogP contribution in [0.4, 0.5) is 0 Å². The fourth-order valence-electron chi connectivity index (χ4n) is 2.64. The lowest BCUT2D eigenvalue weighted by Crippen LogP contribution is -2.31. The summed E-state index contributed by atoms with van der Waals surface area (Å²) >= 11 is 0. The van der Waals surface area contributed by atoms with Crippen molar-refractivity contribution >= 4 is 0 Å². The number of aryl methyl sites for hydroxylation is 1. The average molecular weight is 257 g/mol. The van der Waals surface area contributed by atoms with Crippen molar-refractivity contribution in [1.29, 1.82) is 0 Å². The van der Waals surface area contributed by atoms with Crippen LogP contribution in [0.3, 0.4) is 0 Å². The number of piperidine rings is 1. The first-order valence-corrected chi connectivity index (χ1v) is 6.75. The Kier molecular flexibility index (Phi) is 3.29. The molecule has 5 heteroatoms. The number of nitrogens with zero attached hydrogens (tertiary/aromatic N) is 4. The van der Waals surface area contributed by atoms with Gasteiger partial charge in [0, 0.05) is 24.4 Å². The Hall–Kier alpha value is -1.75. The van der Waals surface area contributed by atoms with Gasteiger partial charge in [0.2, 0.25) is 0 Å². The topological polar surface area (TPSA) is 57.7 Å². The third-order valence-corrected chi connectivity index (χ3v) is 3.68. The Bertz CT molecular complexity index is 545. The molecule has 1 fully saturated rings. The van der Waals surface area contributed by atoms with E-state index in [1.807, 2.05) is 25.4 Å². The van der Waals surface area contributed by atoms with Crippen LogP contribution in [0, 0.1) is 6.92 Å². The van der Waals surface area contributed by atoms with Crippen molar-refractivity contribution in [1.82, 2.24) is 25.1 Å². The molecule has 1 aliphatic rings. The third kappa shape index (κ3) is 2.66. The van der Waals surface area contributed by atoms with Crippen molar-refractivity contribution in [2.75, 3.05) is 20.1 Å². The minimum Gasteiger partial charge on any atom is -0.306 e. The Balaban J connectivity index is 1.78. The van der Waals surface area contributed by atoms with Crippen LogP contribution in [0.1, 0.15) is 30.1 Å². The maximum Gasteiger partial charge on any atom is 0.112 e. The smallest absolute Gasteiger partial charge is 0.112 e. The van der Waals surface area contributed by atoms with Gasteiger partial charge in [0.05, 0.1) is 11.9 Å². The maximum absolute atomic E-state index is 4.58. The molecule has 19 heavy (non-hydrogen) atoms. The highest BCUT2D eigenvalue weighted by Crippen LogP contribution is 2.25. The largest absolute Gasteiger partial charge is 0.306 e. The maximum atomic E-state index is 4.58. The first kappa shape index (κ1) is 12.3. The minimum atomic E-state index is 0.515. The van der Waals surface area contributed by atoms with Gasteiger partial charge in [0.15, 0.2) is 0 Å². The van der Waals surface area contributed by atoms with E-state index in [1.54, 1.807) is 0 Å². The number of hydrogen-bond acceptors (Lipinski definition) is 4. The second kappa shape index (κ2) is 5.09. The zero-order chi connectivity index (χ0) is 13.2. The fraction of sp³-hybridized carbons (Fsp3) is 0.500. The summed E-state index contributed by atoms with van der Waals surface area (Å²) in [6.45, 7) is 4.25. The summed E-state index contributed by atoms with van der Waals surface area (Å²) in [6, 6.07) is 1.98. The van der Waals surface area contributed by atoms with E-state index in [-0.39, 0.29) is 0 Å². The van der Waals surface area contributed by atoms with Gasteiger partial charge in [0.1, 0.15) is 11.4 Å². The first-order chi connectivity index (χ1) is 9.22. The molecule has 5 nitrogen and oxygen atoms in total. The number of H-pyrrole nitrogens is 1. The summed E-state index contributed by atoms with van der Waals surface area (Å²) in [4.78, 5) is 11.4. The van der Waals surface area contributed by atoms with E-state index in [0.29, 0.717) is 5.92 Å². The van der Waals surface area contributed by atoms with Crippen molar-refractivity contribution in [3.05, 3.63) is 29.8 Å². The molecule has 0 saturated carbocycles. The molecule has 3 rings (SSSR count). The van der Waals surface area contributed by atoms with Crippen molar-refractivity contribution in [2.45, 2.75) is 25.7 Å². The molecule has 0 aromatic carbocycles. The summed E-state index contributed by atoms with van der Waals surface area (Å²) in [6.07, 6.45) is 6.19. The van der Waals surface area contributed by atoms with Gasteiger partial charge in [-0.1, -0.05) is 0 Å². The zero-order valence-corrected chi connectivity index (χ0v) is 11.4. The molecule has 0 amide bonds. The van der Waals surface area contributed by atoms with E-state index in [2.05, 4.69) is 32.1 Å². The zero-order valence-electron chi connectivity index (χ0n) is 11.4. The molecular formula is C14H19N5. The van der Waals surface area contributed by atoms with Crippen molar-refractivity contribution in [2.24, 2.45) is 0 Å². The molecule has 100 valence electrons. The summed E-state index contributed by atoms with van der Waals surface area (Å²) in [5.74, 6) is 0.515. The predicted molar refractivity (Wildman–Crippen MR) is 73.8 cm³/mol. The molecule has 0 aliphatic carbocycles. The molecule has 2 aromatic rings. The summed E-state index contributed by atoms with van der Waals surface area (Å²) < 4.78 is 0. The summed E-state index contributed by atoms with van der Waals surface area (Å²) in [5.41, 5.74) is 3.83. The summed E-state index contributed by atoms with van der Waals surface area (Å²) in [7, 11) is 2.17. The second-order valence-electron chi connectivity index (χ2n) is 5.36. The molecule has 1 N–H and O–H groups in total. The molecule has 1 aliphatic heterocycles. The number of aromatic amines is 1.